The Kier molecular flexibility index (Phi) is 4.98. The molecule has 1 saturated heterocycles. The number of nitrogens with zero attached hydrogens (tertiary/aromatic N) is 3. The Bertz CT molecular complexity index is 711. The Balaban J connectivity index is 1.60. The predicted molar refractivity (Wildman–Crippen MR) is 84.2 cm³/mol. The zero-order valence-corrected chi connectivity index (χ0v) is 13.1. The highest BCUT2D eigenvalue weighted by atomic mass is 19.2. The van der Waals surface area contributed by atoms with E-state index < -0.39 is 11.6 Å². The monoisotopic (exact) mass is 332 g/mol. The summed E-state index contributed by atoms with van der Waals surface area (Å²) >= 11 is 0. The van der Waals surface area contributed by atoms with Crippen LogP contribution in [0.1, 0.15) is 30.1 Å². The van der Waals surface area contributed by atoms with Gasteiger partial charge in [0, 0.05) is 31.4 Å². The van der Waals surface area contributed by atoms with Crippen LogP contribution in [-0.2, 0) is 6.54 Å². The number of piperidine rings is 1. The number of halogens is 2. The molecule has 2 amide bonds. The largest absolute Gasteiger partial charge is 0.331 e. The van der Waals surface area contributed by atoms with Gasteiger partial charge in [-0.15, -0.1) is 0 Å². The van der Waals surface area contributed by atoms with Gasteiger partial charge in [-0.05, 0) is 36.6 Å². The Morgan fingerprint density at radius 3 is 2.79 bits per heavy atom. The Labute approximate surface area is 138 Å². The second kappa shape index (κ2) is 7.33. The first-order chi connectivity index (χ1) is 11.6. The summed E-state index contributed by atoms with van der Waals surface area (Å²) in [6, 6.07) is 5.45. The number of nitrogens with one attached hydrogen (secondary N) is 1. The van der Waals surface area contributed by atoms with E-state index in [4.69, 9.17) is 0 Å². The van der Waals surface area contributed by atoms with Crippen LogP contribution < -0.4 is 5.32 Å². The first kappa shape index (κ1) is 16.3. The summed E-state index contributed by atoms with van der Waals surface area (Å²) in [5, 5.41) is 2.79. The molecule has 126 valence electrons. The number of hydrogen-bond acceptors (Lipinski definition) is 3. The predicted octanol–water partition coefficient (Wildman–Crippen LogP) is 2.84. The van der Waals surface area contributed by atoms with E-state index in [1.165, 1.54) is 6.07 Å². The molecule has 5 nitrogen and oxygen atoms in total. The molecule has 1 unspecified atom stereocenters. The van der Waals surface area contributed by atoms with Crippen molar-refractivity contribution in [1.29, 1.82) is 0 Å². The van der Waals surface area contributed by atoms with E-state index in [0.717, 1.165) is 24.5 Å². The van der Waals surface area contributed by atoms with Crippen molar-refractivity contribution < 1.29 is 13.6 Å². The van der Waals surface area contributed by atoms with E-state index in [1.54, 1.807) is 29.4 Å². The second-order valence-corrected chi connectivity index (χ2v) is 5.78. The molecular formula is C17H18F2N4O. The van der Waals surface area contributed by atoms with E-state index in [0.29, 0.717) is 18.9 Å². The molecule has 2 heterocycles. The summed E-state index contributed by atoms with van der Waals surface area (Å²) in [6.07, 6.45) is 4.90. The lowest BCUT2D eigenvalue weighted by Gasteiger charge is -2.33. The zero-order valence-electron chi connectivity index (χ0n) is 13.1. The Morgan fingerprint density at radius 2 is 2.04 bits per heavy atom. The van der Waals surface area contributed by atoms with Crippen LogP contribution in [0.4, 0.5) is 13.6 Å². The molecule has 1 aromatic heterocycles. The van der Waals surface area contributed by atoms with Crippen molar-refractivity contribution in [3.05, 3.63) is 59.7 Å². The van der Waals surface area contributed by atoms with Gasteiger partial charge in [0.1, 0.15) is 5.82 Å². The quantitative estimate of drug-likeness (QED) is 0.940. The van der Waals surface area contributed by atoms with Crippen LogP contribution >= 0.6 is 0 Å². The SMILES string of the molecule is O=C(NCc1ncccn1)N1CCCC(c2ccc(F)c(F)c2)C1. The first-order valence-electron chi connectivity index (χ1n) is 7.87. The normalized spacial score (nSPS) is 17.6. The lowest BCUT2D eigenvalue weighted by molar-refractivity contribution is 0.179. The summed E-state index contributed by atoms with van der Waals surface area (Å²) in [6.45, 7) is 1.38. The van der Waals surface area contributed by atoms with Crippen molar-refractivity contribution in [3.8, 4) is 0 Å². The molecule has 24 heavy (non-hydrogen) atoms. The van der Waals surface area contributed by atoms with Crippen molar-refractivity contribution in [2.24, 2.45) is 0 Å². The molecule has 1 aliphatic rings. The number of amides is 2. The minimum absolute atomic E-state index is 0.00701. The van der Waals surface area contributed by atoms with Crippen LogP contribution in [-0.4, -0.2) is 34.0 Å². The molecule has 1 N–H and O–H groups in total. The maximum Gasteiger partial charge on any atom is 0.317 e. The average Bonchev–Trinajstić information content (AvgIpc) is 2.63. The molecular weight excluding hydrogens is 314 g/mol. The van der Waals surface area contributed by atoms with Gasteiger partial charge in [-0.3, -0.25) is 0 Å². The summed E-state index contributed by atoms with van der Waals surface area (Å²) in [5.41, 5.74) is 0.720. The van der Waals surface area contributed by atoms with Crippen LogP contribution in [0.2, 0.25) is 0 Å². The molecule has 0 radical (unpaired) electrons. The summed E-state index contributed by atoms with van der Waals surface area (Å²) in [7, 11) is 0. The van der Waals surface area contributed by atoms with Gasteiger partial charge in [0.25, 0.3) is 0 Å². The fraction of sp³-hybridized carbons (Fsp3) is 0.353. The lowest BCUT2D eigenvalue weighted by Crippen LogP contribution is -2.44. The Morgan fingerprint density at radius 1 is 1.25 bits per heavy atom. The number of hydrogen-bond donors (Lipinski definition) is 1. The van der Waals surface area contributed by atoms with Crippen LogP contribution in [0.3, 0.4) is 0 Å². The van der Waals surface area contributed by atoms with Crippen molar-refractivity contribution >= 4 is 6.03 Å². The molecule has 0 aliphatic carbocycles. The van der Waals surface area contributed by atoms with Crippen LogP contribution in [0.25, 0.3) is 0 Å². The minimum atomic E-state index is -0.855. The molecule has 2 aromatic rings. The van der Waals surface area contributed by atoms with Gasteiger partial charge < -0.3 is 10.2 Å². The number of benzene rings is 1. The van der Waals surface area contributed by atoms with E-state index in [1.807, 2.05) is 0 Å². The van der Waals surface area contributed by atoms with Crippen molar-refractivity contribution in [2.75, 3.05) is 13.1 Å². The van der Waals surface area contributed by atoms with E-state index in [9.17, 15) is 13.6 Å². The fourth-order valence-electron chi connectivity index (χ4n) is 2.89. The van der Waals surface area contributed by atoms with E-state index >= 15 is 0 Å². The third-order valence-electron chi connectivity index (χ3n) is 4.14. The highest BCUT2D eigenvalue weighted by molar-refractivity contribution is 5.74. The van der Waals surface area contributed by atoms with Crippen LogP contribution in [0.15, 0.2) is 36.7 Å². The standard InChI is InChI=1S/C17H18F2N4O/c18-14-5-4-12(9-15(14)19)13-3-1-8-23(11-13)17(24)22-10-16-20-6-2-7-21-16/h2,4-7,9,13H,1,3,8,10-11H2,(H,22,24). The molecule has 0 bridgehead atoms. The first-order valence-corrected chi connectivity index (χ1v) is 7.87. The molecule has 3 rings (SSSR count). The maximum atomic E-state index is 13.4. The highest BCUT2D eigenvalue weighted by Crippen LogP contribution is 2.27. The van der Waals surface area contributed by atoms with Gasteiger partial charge in [0.2, 0.25) is 0 Å². The summed E-state index contributed by atoms with van der Waals surface area (Å²) in [5.74, 6) is -1.16. The second-order valence-electron chi connectivity index (χ2n) is 5.78. The van der Waals surface area contributed by atoms with E-state index in [-0.39, 0.29) is 18.5 Å². The molecule has 0 spiro atoms. The summed E-state index contributed by atoms with van der Waals surface area (Å²) < 4.78 is 26.5. The number of carbonyl (C=O) groups is 1. The van der Waals surface area contributed by atoms with Crippen molar-refractivity contribution in [1.82, 2.24) is 20.2 Å². The zero-order chi connectivity index (χ0) is 16.9. The van der Waals surface area contributed by atoms with E-state index in [2.05, 4.69) is 15.3 Å². The van der Waals surface area contributed by atoms with Gasteiger partial charge >= 0.3 is 6.03 Å². The van der Waals surface area contributed by atoms with Crippen molar-refractivity contribution in [3.63, 3.8) is 0 Å². The Hall–Kier alpha value is -2.57. The number of urea groups is 1. The van der Waals surface area contributed by atoms with Crippen LogP contribution in [0.5, 0.6) is 0 Å². The molecule has 0 saturated carbocycles. The number of rotatable bonds is 3. The third kappa shape index (κ3) is 3.84. The molecule has 1 aliphatic heterocycles. The molecule has 1 atom stereocenters. The average molecular weight is 332 g/mol. The van der Waals surface area contributed by atoms with Crippen LogP contribution in [0, 0.1) is 11.6 Å². The lowest BCUT2D eigenvalue weighted by atomic mass is 9.90. The maximum absolute atomic E-state index is 13.4. The number of aromatic nitrogens is 2. The van der Waals surface area contributed by atoms with Crippen molar-refractivity contribution in [2.45, 2.75) is 25.3 Å². The molecule has 7 heteroatoms. The van der Waals surface area contributed by atoms with Gasteiger partial charge in [0.05, 0.1) is 6.54 Å². The summed E-state index contributed by atoms with van der Waals surface area (Å²) in [4.78, 5) is 22.1. The minimum Gasteiger partial charge on any atom is -0.331 e. The molecule has 1 aromatic carbocycles. The van der Waals surface area contributed by atoms with Gasteiger partial charge in [-0.2, -0.15) is 0 Å². The van der Waals surface area contributed by atoms with Gasteiger partial charge in [-0.25, -0.2) is 23.5 Å². The number of carbonyl (C=O) groups excluding carboxylic acids is 1. The van der Waals surface area contributed by atoms with Gasteiger partial charge in [-0.1, -0.05) is 6.07 Å². The smallest absolute Gasteiger partial charge is 0.317 e. The fourth-order valence-corrected chi connectivity index (χ4v) is 2.89. The third-order valence-corrected chi connectivity index (χ3v) is 4.14. The topological polar surface area (TPSA) is 58.1 Å². The van der Waals surface area contributed by atoms with Gasteiger partial charge in [0.15, 0.2) is 11.6 Å². The number of likely N-dealkylation sites (tertiary alicyclic amines) is 1. The molecule has 1 fully saturated rings. The highest BCUT2D eigenvalue weighted by Gasteiger charge is 2.25.